The quantitative estimate of drug-likeness (QED) is 0.299. The van der Waals surface area contributed by atoms with Crippen LogP contribution < -0.4 is 0 Å². The minimum atomic E-state index is -4.67. The van der Waals surface area contributed by atoms with Crippen molar-refractivity contribution in [2.45, 2.75) is 97.3 Å². The highest BCUT2D eigenvalue weighted by atomic mass is 32.3. The Bertz CT molecular complexity index is 309. The summed E-state index contributed by atoms with van der Waals surface area (Å²) in [5, 5.41) is 9.11. The third-order valence-corrected chi connectivity index (χ3v) is 3.97. The first-order valence-electron chi connectivity index (χ1n) is 9.15. The van der Waals surface area contributed by atoms with E-state index in [4.69, 9.17) is 22.6 Å². The Morgan fingerprint density at radius 3 is 1.43 bits per heavy atom. The number of hydrogen-bond acceptors (Lipinski definition) is 3. The van der Waals surface area contributed by atoms with E-state index in [2.05, 4.69) is 13.8 Å². The van der Waals surface area contributed by atoms with Crippen molar-refractivity contribution in [2.24, 2.45) is 5.92 Å². The lowest BCUT2D eigenvalue weighted by molar-refractivity contribution is 0.241. The first kappa shape index (κ1) is 25.1. The third-order valence-electron chi connectivity index (χ3n) is 3.97. The van der Waals surface area contributed by atoms with Crippen LogP contribution >= 0.6 is 0 Å². The molecule has 6 heteroatoms. The van der Waals surface area contributed by atoms with Gasteiger partial charge >= 0.3 is 10.4 Å². The molecule has 3 N–H and O–H groups in total. The van der Waals surface area contributed by atoms with E-state index in [-0.39, 0.29) is 0 Å². The van der Waals surface area contributed by atoms with Crippen molar-refractivity contribution < 1.29 is 22.6 Å². The predicted molar refractivity (Wildman–Crippen MR) is 96.1 cm³/mol. The number of aliphatic hydroxyl groups excluding tert-OH is 1. The van der Waals surface area contributed by atoms with E-state index in [9.17, 15) is 0 Å². The van der Waals surface area contributed by atoms with Gasteiger partial charge in [-0.05, 0) is 12.3 Å². The molecule has 0 aliphatic heterocycles. The molecule has 0 bridgehead atoms. The van der Waals surface area contributed by atoms with Gasteiger partial charge in [0.2, 0.25) is 0 Å². The zero-order chi connectivity index (χ0) is 18.0. The largest absolute Gasteiger partial charge is 0.396 e. The van der Waals surface area contributed by atoms with E-state index in [1.807, 2.05) is 0 Å². The second kappa shape index (κ2) is 18.2. The van der Waals surface area contributed by atoms with Gasteiger partial charge in [-0.25, -0.2) is 0 Å². The Morgan fingerprint density at radius 2 is 1.04 bits per heavy atom. The highest BCUT2D eigenvalue weighted by Gasteiger charge is 2.07. The number of unbranched alkanes of at least 4 members (excludes halogenated alkanes) is 8. The van der Waals surface area contributed by atoms with Crippen LogP contribution in [0, 0.1) is 5.92 Å². The van der Waals surface area contributed by atoms with Crippen molar-refractivity contribution in [3.05, 3.63) is 0 Å². The first-order valence-corrected chi connectivity index (χ1v) is 10.6. The van der Waals surface area contributed by atoms with Crippen LogP contribution in [0.4, 0.5) is 0 Å². The van der Waals surface area contributed by atoms with E-state index < -0.39 is 10.4 Å². The molecule has 0 heterocycles. The fraction of sp³-hybridized carbons (Fsp3) is 1.00. The number of hydrogen-bond donors (Lipinski definition) is 3. The maximum atomic E-state index is 9.11. The lowest BCUT2D eigenvalue weighted by Crippen LogP contribution is -2.03. The molecule has 0 aromatic heterocycles. The molecule has 0 rings (SSSR count). The van der Waals surface area contributed by atoms with Crippen molar-refractivity contribution >= 4 is 10.4 Å². The van der Waals surface area contributed by atoms with Crippen LogP contribution in [-0.4, -0.2) is 29.2 Å². The Labute approximate surface area is 143 Å². The van der Waals surface area contributed by atoms with Crippen LogP contribution in [0.1, 0.15) is 97.3 Å². The molecule has 0 radical (unpaired) electrons. The molecular formula is C17H38O5S. The third kappa shape index (κ3) is 30.3. The van der Waals surface area contributed by atoms with Gasteiger partial charge in [0.15, 0.2) is 0 Å². The summed E-state index contributed by atoms with van der Waals surface area (Å²) in [6.07, 6.45) is 17.5. The van der Waals surface area contributed by atoms with Gasteiger partial charge < -0.3 is 5.11 Å². The number of aliphatic hydroxyl groups is 1. The van der Waals surface area contributed by atoms with Gasteiger partial charge in [-0.3, -0.25) is 9.11 Å². The normalized spacial score (nSPS) is 12.6. The topological polar surface area (TPSA) is 94.8 Å². The molecule has 0 aliphatic rings. The van der Waals surface area contributed by atoms with Crippen LogP contribution in [0.5, 0.6) is 0 Å². The van der Waals surface area contributed by atoms with Crippen molar-refractivity contribution in [3.8, 4) is 0 Å². The molecule has 142 valence electrons. The average Bonchev–Trinajstić information content (AvgIpc) is 2.45. The number of rotatable bonds is 14. The monoisotopic (exact) mass is 354 g/mol. The second-order valence-electron chi connectivity index (χ2n) is 6.23. The smallest absolute Gasteiger partial charge is 0.394 e. The SMILES string of the molecule is CCCCCCCCC(CCO)CCCCCC.O=S(=O)(O)O. The van der Waals surface area contributed by atoms with Crippen molar-refractivity contribution in [3.63, 3.8) is 0 Å². The summed E-state index contributed by atoms with van der Waals surface area (Å²) in [6, 6.07) is 0. The maximum absolute atomic E-state index is 9.11. The van der Waals surface area contributed by atoms with Gasteiger partial charge in [-0.2, -0.15) is 8.42 Å². The van der Waals surface area contributed by atoms with Crippen LogP contribution in [0.3, 0.4) is 0 Å². The maximum Gasteiger partial charge on any atom is 0.394 e. The van der Waals surface area contributed by atoms with Crippen molar-refractivity contribution in [2.75, 3.05) is 6.61 Å². The molecule has 5 nitrogen and oxygen atoms in total. The summed E-state index contributed by atoms with van der Waals surface area (Å²) in [5.74, 6) is 0.790. The summed E-state index contributed by atoms with van der Waals surface area (Å²) in [6.45, 7) is 4.92. The molecule has 0 saturated heterocycles. The molecule has 0 spiro atoms. The van der Waals surface area contributed by atoms with Gasteiger partial charge in [0.25, 0.3) is 0 Å². The molecule has 0 aromatic rings. The highest BCUT2D eigenvalue weighted by Crippen LogP contribution is 2.21. The van der Waals surface area contributed by atoms with Crippen LogP contribution in [0.25, 0.3) is 0 Å². The van der Waals surface area contributed by atoms with Crippen molar-refractivity contribution in [1.29, 1.82) is 0 Å². The van der Waals surface area contributed by atoms with Crippen LogP contribution in [0.15, 0.2) is 0 Å². The molecule has 0 aromatic carbocycles. The van der Waals surface area contributed by atoms with Crippen LogP contribution in [-0.2, 0) is 10.4 Å². The molecule has 0 aliphatic carbocycles. The minimum absolute atomic E-state index is 0.383. The zero-order valence-electron chi connectivity index (χ0n) is 15.0. The van der Waals surface area contributed by atoms with Gasteiger partial charge in [-0.15, -0.1) is 0 Å². The average molecular weight is 355 g/mol. The molecule has 0 amide bonds. The Balaban J connectivity index is 0. The standard InChI is InChI=1S/C17H36O.H2O4S/c1-3-5-7-9-10-12-14-17(15-16-18)13-11-8-6-4-2;1-5(2,3)4/h17-18H,3-16H2,1-2H3;(H2,1,2,3,4). The van der Waals surface area contributed by atoms with E-state index in [1.165, 1.54) is 77.0 Å². The molecule has 1 unspecified atom stereocenters. The zero-order valence-corrected chi connectivity index (χ0v) is 15.9. The van der Waals surface area contributed by atoms with Crippen LogP contribution in [0.2, 0.25) is 0 Å². The highest BCUT2D eigenvalue weighted by molar-refractivity contribution is 7.79. The molecule has 23 heavy (non-hydrogen) atoms. The Morgan fingerprint density at radius 1 is 0.696 bits per heavy atom. The fourth-order valence-corrected chi connectivity index (χ4v) is 2.69. The summed E-state index contributed by atoms with van der Waals surface area (Å²) in [5.41, 5.74) is 0. The van der Waals surface area contributed by atoms with Gasteiger partial charge in [0.1, 0.15) is 0 Å². The summed E-state index contributed by atoms with van der Waals surface area (Å²) in [7, 11) is -4.67. The van der Waals surface area contributed by atoms with E-state index in [0.717, 1.165) is 12.3 Å². The molecule has 0 fully saturated rings. The van der Waals surface area contributed by atoms with Gasteiger partial charge in [-0.1, -0.05) is 90.9 Å². The minimum Gasteiger partial charge on any atom is -0.396 e. The molecular weight excluding hydrogens is 316 g/mol. The Hall–Kier alpha value is -0.170. The lowest BCUT2D eigenvalue weighted by atomic mass is 9.92. The predicted octanol–water partition coefficient (Wildman–Crippen LogP) is 5.05. The fourth-order valence-electron chi connectivity index (χ4n) is 2.69. The summed E-state index contributed by atoms with van der Waals surface area (Å²) >= 11 is 0. The van der Waals surface area contributed by atoms with E-state index >= 15 is 0 Å². The van der Waals surface area contributed by atoms with Gasteiger partial charge in [0.05, 0.1) is 0 Å². The summed E-state index contributed by atoms with van der Waals surface area (Å²) in [4.78, 5) is 0. The molecule has 0 saturated carbocycles. The van der Waals surface area contributed by atoms with Gasteiger partial charge in [0, 0.05) is 6.61 Å². The molecule has 1 atom stereocenters. The lowest BCUT2D eigenvalue weighted by Gasteiger charge is -2.15. The summed E-state index contributed by atoms with van der Waals surface area (Å²) < 4.78 is 31.6. The Kier molecular flexibility index (Phi) is 19.8. The van der Waals surface area contributed by atoms with Crippen molar-refractivity contribution in [1.82, 2.24) is 0 Å². The second-order valence-corrected chi connectivity index (χ2v) is 7.13. The van der Waals surface area contributed by atoms with E-state index in [1.54, 1.807) is 0 Å². The van der Waals surface area contributed by atoms with E-state index in [0.29, 0.717) is 6.61 Å². The first-order chi connectivity index (χ1) is 10.8.